The summed E-state index contributed by atoms with van der Waals surface area (Å²) in [5, 5.41) is 13.1. The molecule has 3 heterocycles. The number of nitrogens with zero attached hydrogens (tertiary/aromatic N) is 2. The fourth-order valence-electron chi connectivity index (χ4n) is 5.60. The average Bonchev–Trinajstić information content (AvgIpc) is 3.35. The maximum atomic E-state index is 12.0. The Balaban J connectivity index is 1.25. The largest absolute Gasteiger partial charge is 0.479 e. The number of para-hydroxylation sites is 1. The zero-order chi connectivity index (χ0) is 22.4. The number of hydrogen-bond donors (Lipinski definition) is 2. The van der Waals surface area contributed by atoms with Gasteiger partial charge >= 0.3 is 5.97 Å². The van der Waals surface area contributed by atoms with Crippen LogP contribution in [0.4, 0.5) is 11.5 Å². The van der Waals surface area contributed by atoms with Crippen LogP contribution in [-0.2, 0) is 25.4 Å². The third-order valence-electron chi connectivity index (χ3n) is 7.17. The number of rotatable bonds is 4. The van der Waals surface area contributed by atoms with Crippen molar-refractivity contribution in [3.63, 3.8) is 0 Å². The Morgan fingerprint density at radius 3 is 2.61 bits per heavy atom. The van der Waals surface area contributed by atoms with E-state index in [-0.39, 0.29) is 5.92 Å². The lowest BCUT2D eigenvalue weighted by Gasteiger charge is -2.35. The van der Waals surface area contributed by atoms with Crippen LogP contribution in [0.3, 0.4) is 0 Å². The highest BCUT2D eigenvalue weighted by Crippen LogP contribution is 2.48. The van der Waals surface area contributed by atoms with Crippen LogP contribution in [-0.4, -0.2) is 51.2 Å². The Morgan fingerprint density at radius 2 is 1.82 bits per heavy atom. The van der Waals surface area contributed by atoms with E-state index in [9.17, 15) is 9.90 Å². The van der Waals surface area contributed by atoms with Crippen molar-refractivity contribution >= 4 is 23.6 Å². The third kappa shape index (κ3) is 3.72. The molecular formula is C25H27N3O5. The molecule has 8 heteroatoms. The summed E-state index contributed by atoms with van der Waals surface area (Å²) in [4.78, 5) is 20.9. The molecule has 1 aromatic carbocycles. The second-order valence-corrected chi connectivity index (χ2v) is 9.30. The average molecular weight is 450 g/mol. The van der Waals surface area contributed by atoms with Crippen LogP contribution in [0.25, 0.3) is 6.08 Å². The molecule has 0 radical (unpaired) electrons. The van der Waals surface area contributed by atoms with E-state index in [2.05, 4.69) is 21.4 Å². The van der Waals surface area contributed by atoms with Crippen molar-refractivity contribution in [3.8, 4) is 0 Å². The number of fused-ring (bicyclic) bond motifs is 2. The van der Waals surface area contributed by atoms with Gasteiger partial charge in [-0.15, -0.1) is 0 Å². The summed E-state index contributed by atoms with van der Waals surface area (Å²) in [5.74, 6) is -0.970. The molecule has 2 aliphatic carbocycles. The Bertz CT molecular complexity index is 1070. The van der Waals surface area contributed by atoms with Crippen molar-refractivity contribution in [2.24, 2.45) is 5.92 Å². The molecule has 2 N–H and O–H groups in total. The second-order valence-electron chi connectivity index (χ2n) is 9.30. The summed E-state index contributed by atoms with van der Waals surface area (Å²) < 4.78 is 18.8. The lowest BCUT2D eigenvalue weighted by Crippen LogP contribution is -2.40. The summed E-state index contributed by atoms with van der Waals surface area (Å²) in [6.45, 7) is 0. The predicted octanol–water partition coefficient (Wildman–Crippen LogP) is 3.70. The predicted molar refractivity (Wildman–Crippen MR) is 120 cm³/mol. The second kappa shape index (κ2) is 8.20. The molecule has 8 nitrogen and oxygen atoms in total. The highest BCUT2D eigenvalue weighted by atomic mass is 16.8. The standard InChI is InChI=1S/C25H27N3O5/c29-24(30)22-21-20(32-25(33-21)11-5-2-6-12-25)19(31-22)15-9-10-17-18(13-15)26-14-27-23(17)28-16-7-3-1-4-8-16/h1,3-4,7-10,14-15,19-22H,2,5-6,11-13H2,(H,29,30)(H,26,27,28)/t15?,19-,20?,21+,22?/m0/s1. The molecule has 33 heavy (non-hydrogen) atoms. The number of hydrogen-bond acceptors (Lipinski definition) is 7. The topological polar surface area (TPSA) is 103 Å². The molecule has 2 aliphatic heterocycles. The number of nitrogens with one attached hydrogen (secondary N) is 1. The van der Waals surface area contributed by atoms with Crippen molar-refractivity contribution in [3.05, 3.63) is 54.0 Å². The highest BCUT2D eigenvalue weighted by Gasteiger charge is 2.61. The number of anilines is 2. The van der Waals surface area contributed by atoms with Gasteiger partial charge in [0.1, 0.15) is 24.4 Å². The van der Waals surface area contributed by atoms with E-state index in [1.54, 1.807) is 6.33 Å². The zero-order valence-electron chi connectivity index (χ0n) is 18.2. The zero-order valence-corrected chi connectivity index (χ0v) is 18.2. The van der Waals surface area contributed by atoms with Gasteiger partial charge in [0.15, 0.2) is 11.9 Å². The van der Waals surface area contributed by atoms with E-state index in [1.807, 2.05) is 36.4 Å². The number of carboxylic acid groups (broad SMARTS) is 1. The Hall–Kier alpha value is -2.81. The van der Waals surface area contributed by atoms with Crippen molar-refractivity contribution < 1.29 is 24.1 Å². The van der Waals surface area contributed by atoms with E-state index in [4.69, 9.17) is 14.2 Å². The van der Waals surface area contributed by atoms with Gasteiger partial charge in [0.05, 0.1) is 11.8 Å². The Kier molecular flexibility index (Phi) is 5.16. The molecule has 6 rings (SSSR count). The van der Waals surface area contributed by atoms with Gasteiger partial charge in [-0.2, -0.15) is 0 Å². The third-order valence-corrected chi connectivity index (χ3v) is 7.17. The summed E-state index contributed by atoms with van der Waals surface area (Å²) in [5.41, 5.74) is 2.80. The molecule has 1 spiro atoms. The minimum Gasteiger partial charge on any atom is -0.479 e. The number of carbonyl (C=O) groups is 1. The van der Waals surface area contributed by atoms with Crippen LogP contribution < -0.4 is 5.32 Å². The van der Waals surface area contributed by atoms with E-state index < -0.39 is 36.2 Å². The quantitative estimate of drug-likeness (QED) is 0.728. The van der Waals surface area contributed by atoms with Gasteiger partial charge in [0.2, 0.25) is 0 Å². The van der Waals surface area contributed by atoms with E-state index in [0.29, 0.717) is 6.42 Å². The van der Waals surface area contributed by atoms with Crippen molar-refractivity contribution in [1.29, 1.82) is 0 Å². The summed E-state index contributed by atoms with van der Waals surface area (Å²) >= 11 is 0. The minimum atomic E-state index is -1.02. The first-order chi connectivity index (χ1) is 16.1. The first kappa shape index (κ1) is 20.8. The van der Waals surface area contributed by atoms with E-state index in [0.717, 1.165) is 54.9 Å². The summed E-state index contributed by atoms with van der Waals surface area (Å²) in [7, 11) is 0. The molecule has 1 aromatic heterocycles. The molecular weight excluding hydrogens is 422 g/mol. The maximum absolute atomic E-state index is 12.0. The van der Waals surface area contributed by atoms with Crippen LogP contribution in [0.15, 0.2) is 42.7 Å². The van der Waals surface area contributed by atoms with Crippen LogP contribution in [0.5, 0.6) is 0 Å². The van der Waals surface area contributed by atoms with Crippen LogP contribution in [0.2, 0.25) is 0 Å². The van der Waals surface area contributed by atoms with Gasteiger partial charge < -0.3 is 24.6 Å². The van der Waals surface area contributed by atoms with Gasteiger partial charge in [0.25, 0.3) is 0 Å². The smallest absolute Gasteiger partial charge is 0.335 e. The molecule has 0 bridgehead atoms. The highest BCUT2D eigenvalue weighted by molar-refractivity contribution is 5.74. The molecule has 172 valence electrons. The molecule has 2 aromatic rings. The number of benzene rings is 1. The van der Waals surface area contributed by atoms with Crippen LogP contribution in [0.1, 0.15) is 43.4 Å². The molecule has 3 fully saturated rings. The number of ether oxygens (including phenoxy) is 3. The van der Waals surface area contributed by atoms with Crippen LogP contribution >= 0.6 is 0 Å². The SMILES string of the molecule is O=C(O)C1O[C@@H](C2C=Cc3c(ncnc3Nc3ccccc3)C2)C2OC3(CCCCC3)O[C@@H]12. The van der Waals surface area contributed by atoms with Gasteiger partial charge in [0, 0.05) is 30.0 Å². The van der Waals surface area contributed by atoms with E-state index in [1.165, 1.54) is 0 Å². The maximum Gasteiger partial charge on any atom is 0.335 e. The molecule has 4 aliphatic rings. The molecule has 1 saturated carbocycles. The van der Waals surface area contributed by atoms with E-state index >= 15 is 0 Å². The lowest BCUT2D eigenvalue weighted by molar-refractivity contribution is -0.227. The molecule has 3 unspecified atom stereocenters. The molecule has 5 atom stereocenters. The molecule has 2 saturated heterocycles. The fourth-order valence-corrected chi connectivity index (χ4v) is 5.60. The monoisotopic (exact) mass is 449 g/mol. The fraction of sp³-hybridized carbons (Fsp3) is 0.480. The van der Waals surface area contributed by atoms with Gasteiger partial charge in [-0.05, 0) is 31.4 Å². The first-order valence-electron chi connectivity index (χ1n) is 11.7. The summed E-state index contributed by atoms with van der Waals surface area (Å²) in [6, 6.07) is 9.88. The summed E-state index contributed by atoms with van der Waals surface area (Å²) in [6.07, 6.45) is 8.71. The molecule has 0 amide bonds. The van der Waals surface area contributed by atoms with Gasteiger partial charge in [-0.1, -0.05) is 36.8 Å². The van der Waals surface area contributed by atoms with Crippen LogP contribution in [0, 0.1) is 5.92 Å². The number of aromatic nitrogens is 2. The lowest BCUT2D eigenvalue weighted by atomic mass is 9.86. The number of aliphatic carboxylic acids is 1. The first-order valence-corrected chi connectivity index (χ1v) is 11.7. The minimum absolute atomic E-state index is 0.0591. The number of carboxylic acids is 1. The van der Waals surface area contributed by atoms with Crippen molar-refractivity contribution in [2.75, 3.05) is 5.32 Å². The van der Waals surface area contributed by atoms with Crippen molar-refractivity contribution in [1.82, 2.24) is 9.97 Å². The van der Waals surface area contributed by atoms with Gasteiger partial charge in [-0.25, -0.2) is 14.8 Å². The van der Waals surface area contributed by atoms with Gasteiger partial charge in [-0.3, -0.25) is 0 Å². The normalized spacial score (nSPS) is 31.8. The van der Waals surface area contributed by atoms with Crippen molar-refractivity contribution in [2.45, 2.75) is 68.7 Å². The Morgan fingerprint density at radius 1 is 1.03 bits per heavy atom. The Labute approximate surface area is 192 Å².